The smallest absolute Gasteiger partial charge is 0.258 e. The Morgan fingerprint density at radius 1 is 1.45 bits per heavy atom. The van der Waals surface area contributed by atoms with Crippen molar-refractivity contribution in [2.75, 3.05) is 17.2 Å². The number of nitrogens with zero attached hydrogens (tertiary/aromatic N) is 2. The number of rotatable bonds is 2. The first kappa shape index (κ1) is 13.0. The Bertz CT molecular complexity index is 692. The van der Waals surface area contributed by atoms with Gasteiger partial charge in [-0.2, -0.15) is 0 Å². The van der Waals surface area contributed by atoms with Gasteiger partial charge in [-0.25, -0.2) is 4.98 Å². The number of fused-ring (bicyclic) bond motifs is 1. The van der Waals surface area contributed by atoms with Crippen molar-refractivity contribution in [1.82, 2.24) is 9.97 Å². The van der Waals surface area contributed by atoms with Gasteiger partial charge in [0.2, 0.25) is 0 Å². The molecule has 2 heterocycles. The van der Waals surface area contributed by atoms with Crippen LogP contribution in [0.3, 0.4) is 0 Å². The Labute approximate surface area is 117 Å². The molecule has 1 fully saturated rings. The number of nitrogens with one attached hydrogen (secondary N) is 1. The van der Waals surface area contributed by atoms with E-state index in [1.807, 2.05) is 6.07 Å². The molecule has 1 aromatic heterocycles. The number of aromatic nitrogens is 2. The fourth-order valence-electron chi connectivity index (χ4n) is 3.15. The minimum atomic E-state index is -0.143. The quantitative estimate of drug-likeness (QED) is 0.821. The summed E-state index contributed by atoms with van der Waals surface area (Å²) in [5.74, 6) is 0.583. The minimum absolute atomic E-state index is 0.143. The van der Waals surface area contributed by atoms with Gasteiger partial charge in [0.1, 0.15) is 0 Å². The summed E-state index contributed by atoms with van der Waals surface area (Å²) in [7, 11) is 0. The van der Waals surface area contributed by atoms with Crippen LogP contribution in [0.4, 0.5) is 11.4 Å². The van der Waals surface area contributed by atoms with Crippen molar-refractivity contribution in [3.05, 3.63) is 28.8 Å². The Morgan fingerprint density at radius 2 is 2.25 bits per heavy atom. The number of nitrogens with two attached hydrogens (primary N) is 1. The minimum Gasteiger partial charge on any atom is -0.397 e. The molecule has 1 atom stereocenters. The van der Waals surface area contributed by atoms with E-state index in [9.17, 15) is 4.79 Å². The largest absolute Gasteiger partial charge is 0.397 e. The van der Waals surface area contributed by atoms with Crippen molar-refractivity contribution in [1.29, 1.82) is 0 Å². The molecular formula is C15H20N4O. The zero-order chi connectivity index (χ0) is 14.3. The van der Waals surface area contributed by atoms with Crippen LogP contribution in [0.2, 0.25) is 0 Å². The predicted molar refractivity (Wildman–Crippen MR) is 82.0 cm³/mol. The van der Waals surface area contributed by atoms with Crippen LogP contribution in [-0.2, 0) is 0 Å². The lowest BCUT2D eigenvalue weighted by molar-refractivity contribution is 0.492. The molecule has 106 valence electrons. The van der Waals surface area contributed by atoms with Gasteiger partial charge in [-0.1, -0.05) is 13.8 Å². The van der Waals surface area contributed by atoms with Crippen LogP contribution in [-0.4, -0.2) is 22.6 Å². The third-order valence-electron chi connectivity index (χ3n) is 4.17. The van der Waals surface area contributed by atoms with Crippen LogP contribution < -0.4 is 16.2 Å². The number of benzene rings is 1. The summed E-state index contributed by atoms with van der Waals surface area (Å²) >= 11 is 0. The molecule has 2 aromatic rings. The van der Waals surface area contributed by atoms with Gasteiger partial charge in [-0.15, -0.1) is 0 Å². The molecule has 20 heavy (non-hydrogen) atoms. The molecule has 5 nitrogen and oxygen atoms in total. The SMILES string of the molecule is CC(C)C1CCCN1c1cc2nc[nH]c(=O)c2cc1N. The van der Waals surface area contributed by atoms with Gasteiger partial charge in [-0.05, 0) is 30.9 Å². The lowest BCUT2D eigenvalue weighted by atomic mass is 10.0. The van der Waals surface area contributed by atoms with Crippen molar-refractivity contribution in [3.63, 3.8) is 0 Å². The number of H-pyrrole nitrogens is 1. The molecule has 1 aromatic carbocycles. The van der Waals surface area contributed by atoms with Crippen LogP contribution in [0.15, 0.2) is 23.3 Å². The number of hydrogen-bond donors (Lipinski definition) is 2. The van der Waals surface area contributed by atoms with E-state index < -0.39 is 0 Å². The van der Waals surface area contributed by atoms with Crippen molar-refractivity contribution in [2.45, 2.75) is 32.7 Å². The highest BCUT2D eigenvalue weighted by Crippen LogP contribution is 2.34. The zero-order valence-electron chi connectivity index (χ0n) is 11.9. The van der Waals surface area contributed by atoms with Crippen molar-refractivity contribution in [3.8, 4) is 0 Å². The summed E-state index contributed by atoms with van der Waals surface area (Å²) < 4.78 is 0. The van der Waals surface area contributed by atoms with E-state index in [0.717, 1.165) is 12.2 Å². The second-order valence-corrected chi connectivity index (χ2v) is 5.81. The molecule has 0 radical (unpaired) electrons. The summed E-state index contributed by atoms with van der Waals surface area (Å²) in [6, 6.07) is 4.20. The maximum atomic E-state index is 11.8. The lowest BCUT2D eigenvalue weighted by Gasteiger charge is -2.30. The monoisotopic (exact) mass is 272 g/mol. The number of nitrogen functional groups attached to an aromatic ring is 1. The molecule has 0 spiro atoms. The first-order valence-corrected chi connectivity index (χ1v) is 7.11. The number of anilines is 2. The maximum absolute atomic E-state index is 11.8. The highest BCUT2D eigenvalue weighted by atomic mass is 16.1. The first-order chi connectivity index (χ1) is 9.58. The third kappa shape index (κ3) is 2.03. The van der Waals surface area contributed by atoms with Gasteiger partial charge in [-0.3, -0.25) is 4.79 Å². The fraction of sp³-hybridized carbons (Fsp3) is 0.467. The normalized spacial score (nSPS) is 19.1. The maximum Gasteiger partial charge on any atom is 0.258 e. The van der Waals surface area contributed by atoms with Crippen LogP contribution in [0.5, 0.6) is 0 Å². The van der Waals surface area contributed by atoms with Gasteiger partial charge < -0.3 is 15.6 Å². The molecule has 3 N–H and O–H groups in total. The van der Waals surface area contributed by atoms with Gasteiger partial charge in [0, 0.05) is 12.6 Å². The summed E-state index contributed by atoms with van der Waals surface area (Å²) in [4.78, 5) is 21.0. The molecular weight excluding hydrogens is 252 g/mol. The average molecular weight is 272 g/mol. The Kier molecular flexibility index (Phi) is 3.12. The molecule has 1 unspecified atom stereocenters. The topological polar surface area (TPSA) is 75.0 Å². The van der Waals surface area contributed by atoms with E-state index in [1.54, 1.807) is 6.07 Å². The Balaban J connectivity index is 2.12. The molecule has 0 aliphatic carbocycles. The van der Waals surface area contributed by atoms with E-state index in [4.69, 9.17) is 5.73 Å². The second kappa shape index (κ2) is 4.81. The Hall–Kier alpha value is -2.04. The standard InChI is InChI=1S/C15H20N4O/c1-9(2)13-4-3-5-19(13)14-7-12-10(6-11(14)16)15(20)18-8-17-12/h6-9,13H,3-5,16H2,1-2H3,(H,17,18,20). The molecule has 3 rings (SSSR count). The molecule has 5 heteroatoms. The van der Waals surface area contributed by atoms with Gasteiger partial charge >= 0.3 is 0 Å². The van der Waals surface area contributed by atoms with E-state index in [-0.39, 0.29) is 5.56 Å². The summed E-state index contributed by atoms with van der Waals surface area (Å²) in [5.41, 5.74) is 8.40. The van der Waals surface area contributed by atoms with Gasteiger partial charge in [0.15, 0.2) is 0 Å². The van der Waals surface area contributed by atoms with Gasteiger partial charge in [0.05, 0.1) is 28.6 Å². The van der Waals surface area contributed by atoms with Crippen molar-refractivity contribution < 1.29 is 0 Å². The van der Waals surface area contributed by atoms with Gasteiger partial charge in [0.25, 0.3) is 5.56 Å². The van der Waals surface area contributed by atoms with Crippen LogP contribution in [0, 0.1) is 5.92 Å². The van der Waals surface area contributed by atoms with Crippen LogP contribution in [0.25, 0.3) is 10.9 Å². The average Bonchev–Trinajstić information content (AvgIpc) is 2.88. The molecule has 1 aliphatic heterocycles. The summed E-state index contributed by atoms with van der Waals surface area (Å²) in [6.07, 6.45) is 3.82. The summed E-state index contributed by atoms with van der Waals surface area (Å²) in [5, 5.41) is 0.550. The van der Waals surface area contributed by atoms with Crippen molar-refractivity contribution in [2.24, 2.45) is 5.92 Å². The van der Waals surface area contributed by atoms with E-state index >= 15 is 0 Å². The zero-order valence-corrected chi connectivity index (χ0v) is 11.9. The molecule has 0 bridgehead atoms. The summed E-state index contributed by atoms with van der Waals surface area (Å²) in [6.45, 7) is 5.49. The molecule has 0 saturated carbocycles. The lowest BCUT2D eigenvalue weighted by Crippen LogP contribution is -2.33. The molecule has 1 aliphatic rings. The number of aromatic amines is 1. The Morgan fingerprint density at radius 3 is 3.00 bits per heavy atom. The van der Waals surface area contributed by atoms with Crippen molar-refractivity contribution >= 4 is 22.3 Å². The fourth-order valence-corrected chi connectivity index (χ4v) is 3.15. The molecule has 1 saturated heterocycles. The predicted octanol–water partition coefficient (Wildman–Crippen LogP) is 2.13. The molecule has 0 amide bonds. The number of hydrogen-bond acceptors (Lipinski definition) is 4. The van der Waals surface area contributed by atoms with E-state index in [2.05, 4.69) is 28.7 Å². The van der Waals surface area contributed by atoms with E-state index in [0.29, 0.717) is 28.6 Å². The third-order valence-corrected chi connectivity index (χ3v) is 4.17. The highest BCUT2D eigenvalue weighted by Gasteiger charge is 2.28. The highest BCUT2D eigenvalue weighted by molar-refractivity contribution is 5.88. The first-order valence-electron chi connectivity index (χ1n) is 7.11. The van der Waals surface area contributed by atoms with Crippen LogP contribution in [0.1, 0.15) is 26.7 Å². The second-order valence-electron chi connectivity index (χ2n) is 5.81. The van der Waals surface area contributed by atoms with E-state index in [1.165, 1.54) is 19.2 Å². The van der Waals surface area contributed by atoms with Crippen LogP contribution >= 0.6 is 0 Å².